The van der Waals surface area contributed by atoms with E-state index in [0.717, 1.165) is 70.6 Å². The Kier molecular flexibility index (Phi) is 77.6. The van der Waals surface area contributed by atoms with Crippen LogP contribution < -0.4 is 16.0 Å². The molecule has 3 amide bonds. The summed E-state index contributed by atoms with van der Waals surface area (Å²) in [4.78, 5) is 130. The summed E-state index contributed by atoms with van der Waals surface area (Å²) in [6, 6.07) is 32.4. The Hall–Kier alpha value is -7.91. The lowest BCUT2D eigenvalue weighted by Crippen LogP contribution is -2.40. The minimum Gasteiger partial charge on any atom is -0.481 e. The molecule has 0 fully saturated rings. The molecular formula is C112H178BrN3O21. The Labute approximate surface area is 832 Å². The number of ketones is 6. The number of hydrogen-bond donors (Lipinski definition) is 5. The van der Waals surface area contributed by atoms with Gasteiger partial charge in [-0.25, -0.2) is 9.59 Å². The standard InChI is InChI=1S/C41H74BrNO10.C25H48O2.C23H27NO3.C22H25NO6.CH4/c1-2-3-4-5-6-7-8-9-10-11-12-13-14-20-38(45)34-36(41(48)49)19-15-16-25-43-40(47)24-29-53-33-31-50-26-17-21-37(44)23-28-52-32-30-51-27-18-22-39(46)35-42;1-4-6-8-9-10-11-12-13-14-15-16-17-19-21-25(27)22-24(23(3)26)20-18-7-5-2;1-3-4-5-14-22(16(2)25)24-23(26)27-15-21-19-12-8-6-10-17(19)18-11-7-9-13-20(18)21;24-21(25)9-11-27-13-14-28-12-10-23-22(26)29-15-20-18-7-3-1-5-16(18)17-6-2-4-8-19(17)20;/h36H,2-35H2,1H3,(H,43,47)(H,48,49);24H,4-22H2,1-3H3;6-13,21-22H,3-5,14-15H2,1-2H3,(H,24,26);1-8,20H,9-15H2,(H,23,26)(H,24,25);1H4/t36-;24-;22-;;/m110../s1. The van der Waals surface area contributed by atoms with Crippen molar-refractivity contribution in [2.45, 2.75) is 375 Å². The number of ether oxygens (including phenoxy) is 8. The zero-order valence-electron chi connectivity index (χ0n) is 84.1. The van der Waals surface area contributed by atoms with Crippen LogP contribution in [-0.2, 0) is 81.0 Å². The molecule has 0 aromatic heterocycles. The van der Waals surface area contributed by atoms with Crippen molar-refractivity contribution in [2.24, 2.45) is 11.8 Å². The second-order valence-electron chi connectivity index (χ2n) is 36.3. The summed E-state index contributed by atoms with van der Waals surface area (Å²) in [5.41, 5.74) is 9.48. The van der Waals surface area contributed by atoms with Gasteiger partial charge in [0.2, 0.25) is 5.91 Å². The number of carbonyl (C=O) groups excluding carboxylic acids is 9. The number of alkyl halides is 1. The van der Waals surface area contributed by atoms with E-state index in [1.807, 2.05) is 48.5 Å². The number of carboxylic acid groups (broad SMARTS) is 2. The predicted molar refractivity (Wildman–Crippen MR) is 551 cm³/mol. The van der Waals surface area contributed by atoms with Gasteiger partial charge >= 0.3 is 24.1 Å². The van der Waals surface area contributed by atoms with Gasteiger partial charge in [0.15, 0.2) is 5.78 Å². The van der Waals surface area contributed by atoms with Gasteiger partial charge in [-0.15, -0.1) is 0 Å². The minimum absolute atomic E-state index is 0. The molecule has 774 valence electrons. The van der Waals surface area contributed by atoms with Gasteiger partial charge in [-0.3, -0.25) is 43.2 Å². The monoisotopic (exact) mass is 1980 g/mol. The lowest BCUT2D eigenvalue weighted by atomic mass is 9.91. The molecule has 6 rings (SSSR count). The fourth-order valence-corrected chi connectivity index (χ4v) is 17.0. The average molecular weight is 1980 g/mol. The van der Waals surface area contributed by atoms with E-state index in [4.69, 9.17) is 43.0 Å². The molecule has 24 nitrogen and oxygen atoms in total. The predicted octanol–water partition coefficient (Wildman–Crippen LogP) is 25.3. The van der Waals surface area contributed by atoms with Crippen LogP contribution in [0, 0.1) is 11.8 Å². The van der Waals surface area contributed by atoms with Gasteiger partial charge in [0.05, 0.1) is 89.8 Å². The first-order chi connectivity index (χ1) is 66.2. The molecular weight excluding hydrogens is 1800 g/mol. The molecule has 0 bridgehead atoms. The summed E-state index contributed by atoms with van der Waals surface area (Å²) in [5, 5.41) is 26.7. The highest BCUT2D eigenvalue weighted by Crippen LogP contribution is 2.46. The van der Waals surface area contributed by atoms with E-state index < -0.39 is 36.1 Å². The highest BCUT2D eigenvalue weighted by atomic mass is 79.9. The molecule has 137 heavy (non-hydrogen) atoms. The second kappa shape index (κ2) is 84.9. The van der Waals surface area contributed by atoms with Crippen LogP contribution >= 0.6 is 15.9 Å². The second-order valence-corrected chi connectivity index (χ2v) is 36.8. The number of halogens is 1. The van der Waals surface area contributed by atoms with Gasteiger partial charge in [0.25, 0.3) is 0 Å². The molecule has 2 aliphatic rings. The molecule has 0 heterocycles. The summed E-state index contributed by atoms with van der Waals surface area (Å²) < 4.78 is 43.2. The van der Waals surface area contributed by atoms with E-state index in [1.165, 1.54) is 193 Å². The zero-order chi connectivity index (χ0) is 98.9. The topological polar surface area (TPSA) is 338 Å². The van der Waals surface area contributed by atoms with Gasteiger partial charge in [-0.1, -0.05) is 347 Å². The summed E-state index contributed by atoms with van der Waals surface area (Å²) >= 11 is 3.13. The van der Waals surface area contributed by atoms with Crippen LogP contribution in [0.4, 0.5) is 9.59 Å². The van der Waals surface area contributed by atoms with E-state index in [-0.39, 0.29) is 106 Å². The molecule has 3 atom stereocenters. The maximum absolute atomic E-state index is 12.4. The van der Waals surface area contributed by atoms with Gasteiger partial charge in [0, 0.05) is 95.4 Å². The molecule has 4 aromatic carbocycles. The third-order valence-electron chi connectivity index (χ3n) is 24.7. The number of carboxylic acids is 2. The van der Waals surface area contributed by atoms with Crippen LogP contribution in [0.15, 0.2) is 97.1 Å². The zero-order valence-corrected chi connectivity index (χ0v) is 85.7. The molecule has 4 aromatic rings. The van der Waals surface area contributed by atoms with Crippen LogP contribution in [0.5, 0.6) is 0 Å². The van der Waals surface area contributed by atoms with E-state index >= 15 is 0 Å². The minimum atomic E-state index is -0.921. The lowest BCUT2D eigenvalue weighted by molar-refractivity contribution is -0.144. The molecule has 2 aliphatic carbocycles. The van der Waals surface area contributed by atoms with Crippen LogP contribution in [0.25, 0.3) is 22.3 Å². The van der Waals surface area contributed by atoms with Crippen LogP contribution in [-0.4, -0.2) is 192 Å². The third kappa shape index (κ3) is 62.8. The van der Waals surface area contributed by atoms with Crippen molar-refractivity contribution in [3.05, 3.63) is 119 Å². The van der Waals surface area contributed by atoms with Crippen molar-refractivity contribution in [2.75, 3.05) is 111 Å². The molecule has 0 saturated carbocycles. The van der Waals surface area contributed by atoms with Gasteiger partial charge < -0.3 is 64.1 Å². The fourth-order valence-electron chi connectivity index (χ4n) is 16.7. The number of unbranched alkanes of at least 4 members (excludes halogenated alkanes) is 29. The number of amides is 3. The van der Waals surface area contributed by atoms with Crippen molar-refractivity contribution < 1.29 is 101 Å². The largest absolute Gasteiger partial charge is 0.481 e. The first kappa shape index (κ1) is 125. The van der Waals surface area contributed by atoms with Crippen LogP contribution in [0.1, 0.15) is 391 Å². The quantitative estimate of drug-likeness (QED) is 0.0202. The number of Topliss-reactive ketones (excluding diaryl/α,β-unsaturated/α-hetero) is 6. The van der Waals surface area contributed by atoms with Gasteiger partial charge in [-0.2, -0.15) is 0 Å². The SMILES string of the molecule is C.CCCCCCCCCCCCCCCC(=O)C[C@@H](CCCCC)C(C)=O.CCCCCCCCCCCCCCCC(=O)C[C@@H](CCCCNC(=O)CCOCCOCCCC(=O)CCOCCOCCCC(=O)CBr)C(=O)O.CCCCC[C@H](NC(=O)OCC1c2ccccc2-c2ccccc21)C(C)=O.O=C(O)CCOCCOCCNC(=O)OCC1c2ccccc2-c2ccccc21. The van der Waals surface area contributed by atoms with Crippen molar-refractivity contribution in [1.29, 1.82) is 0 Å². The molecule has 0 unspecified atom stereocenters. The van der Waals surface area contributed by atoms with Crippen molar-refractivity contribution in [3.8, 4) is 22.3 Å². The number of benzene rings is 4. The fraction of sp³-hybridized carbons (Fsp3) is 0.688. The van der Waals surface area contributed by atoms with E-state index in [1.54, 1.807) is 6.92 Å². The summed E-state index contributed by atoms with van der Waals surface area (Å²) in [5.74, 6) is -1.76. The van der Waals surface area contributed by atoms with Gasteiger partial charge in [0.1, 0.15) is 42.1 Å². The van der Waals surface area contributed by atoms with Gasteiger partial charge in [-0.05, 0) is 110 Å². The maximum atomic E-state index is 12.4. The normalized spacial score (nSPS) is 12.3. The van der Waals surface area contributed by atoms with E-state index in [0.29, 0.717) is 167 Å². The molecule has 0 aliphatic heterocycles. The highest BCUT2D eigenvalue weighted by Gasteiger charge is 2.32. The molecule has 0 saturated heterocycles. The Morgan fingerprint density at radius 3 is 1.06 bits per heavy atom. The maximum Gasteiger partial charge on any atom is 0.407 e. The molecule has 0 radical (unpaired) electrons. The molecule has 0 spiro atoms. The summed E-state index contributed by atoms with van der Waals surface area (Å²) in [6.07, 6.45) is 46.8. The number of nitrogens with one attached hydrogen (secondary N) is 3. The number of alkyl carbamates (subject to hydrolysis) is 2. The first-order valence-corrected chi connectivity index (χ1v) is 53.3. The Balaban J connectivity index is 0.000000647. The van der Waals surface area contributed by atoms with Crippen molar-refractivity contribution >= 4 is 80.7 Å². The molecule has 25 heteroatoms. The summed E-state index contributed by atoms with van der Waals surface area (Å²) in [6.45, 7) is 17.7. The van der Waals surface area contributed by atoms with Crippen molar-refractivity contribution in [3.63, 3.8) is 0 Å². The Morgan fingerprint density at radius 2 is 0.657 bits per heavy atom. The number of hydrogen-bond acceptors (Lipinski definition) is 19. The molecule has 5 N–H and O–H groups in total. The average Bonchev–Trinajstić information content (AvgIpc) is 1.62. The first-order valence-electron chi connectivity index (χ1n) is 52.2. The van der Waals surface area contributed by atoms with E-state index in [9.17, 15) is 57.8 Å². The Morgan fingerprint density at radius 1 is 0.321 bits per heavy atom. The number of rotatable bonds is 83. The lowest BCUT2D eigenvalue weighted by Gasteiger charge is -2.18. The summed E-state index contributed by atoms with van der Waals surface area (Å²) in [7, 11) is 0. The number of aliphatic carboxylic acids is 2. The van der Waals surface area contributed by atoms with E-state index in [2.05, 4.69) is 108 Å². The van der Waals surface area contributed by atoms with Crippen LogP contribution in [0.3, 0.4) is 0 Å². The smallest absolute Gasteiger partial charge is 0.407 e. The van der Waals surface area contributed by atoms with Crippen LogP contribution in [0.2, 0.25) is 0 Å². The van der Waals surface area contributed by atoms with Crippen molar-refractivity contribution in [1.82, 2.24) is 16.0 Å². The highest BCUT2D eigenvalue weighted by molar-refractivity contribution is 9.09. The number of carbonyl (C=O) groups is 11. The Bertz CT molecular complexity index is 3780. The number of fused-ring (bicyclic) bond motifs is 6. The third-order valence-corrected chi connectivity index (χ3v) is 25.4.